The number of rotatable bonds is 5. The van der Waals surface area contributed by atoms with Crippen LogP contribution in [0.3, 0.4) is 0 Å². The number of thiocarbonyl (C=S) groups is 1. The Hall–Kier alpha value is -2.00. The zero-order valence-corrected chi connectivity index (χ0v) is 17.8. The minimum Gasteiger partial charge on any atom is -0.371 e. The fraction of sp³-hybridized carbons (Fsp3) is 0.450. The Labute approximate surface area is 178 Å². The Bertz CT molecular complexity index is 1080. The molecule has 1 aliphatic carbocycles. The Morgan fingerprint density at radius 2 is 2.10 bits per heavy atom. The maximum Gasteiger partial charge on any atom is 0.203 e. The van der Waals surface area contributed by atoms with Crippen molar-refractivity contribution in [3.63, 3.8) is 0 Å². The van der Waals surface area contributed by atoms with Crippen molar-refractivity contribution in [2.45, 2.75) is 32.2 Å². The van der Waals surface area contributed by atoms with Gasteiger partial charge < -0.3 is 14.8 Å². The van der Waals surface area contributed by atoms with Gasteiger partial charge in [0.15, 0.2) is 11.5 Å². The van der Waals surface area contributed by atoms with Crippen molar-refractivity contribution in [3.05, 3.63) is 39.7 Å². The van der Waals surface area contributed by atoms with Crippen LogP contribution in [0.2, 0.25) is 0 Å². The zero-order valence-electron chi connectivity index (χ0n) is 16.0. The number of benzene rings is 1. The monoisotopic (exact) mass is 437 g/mol. The molecule has 1 aromatic carbocycles. The number of hydrogen-bond acceptors (Lipinski definition) is 3. The SMILES string of the molecule is CC(=[NH2+])c1cn(C2CC2)c2c(F)c(N3CCC(CNC(=S)S)C3)c(F)cc2c1=O. The lowest BCUT2D eigenvalue weighted by Gasteiger charge is -2.22. The predicted octanol–water partition coefficient (Wildman–Crippen LogP) is 1.81. The maximum absolute atomic E-state index is 15.7. The van der Waals surface area contributed by atoms with E-state index in [4.69, 9.17) is 17.6 Å². The molecule has 1 aromatic heterocycles. The van der Waals surface area contributed by atoms with Crippen LogP contribution < -0.4 is 21.1 Å². The first-order chi connectivity index (χ1) is 13.8. The molecular weight excluding hydrogens is 414 g/mol. The van der Waals surface area contributed by atoms with Gasteiger partial charge in [-0.15, -0.1) is 12.6 Å². The second-order valence-electron chi connectivity index (χ2n) is 7.90. The number of halogens is 2. The van der Waals surface area contributed by atoms with Crippen LogP contribution in [0.5, 0.6) is 0 Å². The summed E-state index contributed by atoms with van der Waals surface area (Å²) < 4.78 is 32.8. The fourth-order valence-corrected chi connectivity index (χ4v) is 4.25. The normalized spacial score (nSPS) is 19.0. The summed E-state index contributed by atoms with van der Waals surface area (Å²) in [7, 11) is 0. The molecule has 154 valence electrons. The van der Waals surface area contributed by atoms with E-state index in [0.29, 0.717) is 35.2 Å². The summed E-state index contributed by atoms with van der Waals surface area (Å²) >= 11 is 8.96. The molecule has 2 aromatic rings. The van der Waals surface area contributed by atoms with Crippen molar-refractivity contribution >= 4 is 51.5 Å². The van der Waals surface area contributed by atoms with Crippen molar-refractivity contribution in [1.29, 1.82) is 0 Å². The maximum atomic E-state index is 15.7. The minimum atomic E-state index is -0.723. The molecule has 1 saturated carbocycles. The van der Waals surface area contributed by atoms with Gasteiger partial charge in [0.2, 0.25) is 5.43 Å². The molecule has 2 aliphatic rings. The summed E-state index contributed by atoms with van der Waals surface area (Å²) in [6.45, 7) is 3.27. The molecule has 4 rings (SSSR count). The summed E-state index contributed by atoms with van der Waals surface area (Å²) in [5.41, 5.74) is 0.298. The van der Waals surface area contributed by atoms with E-state index in [1.54, 1.807) is 22.6 Å². The number of nitrogens with zero attached hydrogens (tertiary/aromatic N) is 2. The molecule has 29 heavy (non-hydrogen) atoms. The summed E-state index contributed by atoms with van der Waals surface area (Å²) in [4.78, 5) is 14.5. The number of nitrogens with one attached hydrogen (secondary N) is 1. The van der Waals surface area contributed by atoms with Crippen LogP contribution >= 0.6 is 24.8 Å². The minimum absolute atomic E-state index is 0.0378. The van der Waals surface area contributed by atoms with Crippen molar-refractivity contribution in [1.82, 2.24) is 9.88 Å². The van der Waals surface area contributed by atoms with E-state index in [0.717, 1.165) is 25.3 Å². The highest BCUT2D eigenvalue weighted by Crippen LogP contribution is 2.40. The number of thiol groups is 1. The van der Waals surface area contributed by atoms with Crippen molar-refractivity contribution in [2.24, 2.45) is 5.92 Å². The van der Waals surface area contributed by atoms with Crippen LogP contribution in [0.15, 0.2) is 17.1 Å². The zero-order chi connectivity index (χ0) is 20.9. The third-order valence-corrected chi connectivity index (χ3v) is 6.00. The van der Waals surface area contributed by atoms with Crippen molar-refractivity contribution in [3.8, 4) is 0 Å². The number of anilines is 1. The second kappa shape index (κ2) is 7.68. The molecule has 9 heteroatoms. The van der Waals surface area contributed by atoms with Crippen LogP contribution in [0.25, 0.3) is 10.9 Å². The standard InChI is InChI=1S/C20H22F2N4OS2/c1-10(23)14-9-26(12-2-3-12)17-13(19(14)27)6-15(21)18(16(17)22)25-5-4-11(8-25)7-24-20(28)29/h6,9,11-12,23H,2-5,7-8H2,1H3,(H2,24,28,29)/p+1. The van der Waals surface area contributed by atoms with E-state index in [1.165, 1.54) is 0 Å². The molecule has 1 aliphatic heterocycles. The van der Waals surface area contributed by atoms with Gasteiger partial charge >= 0.3 is 0 Å². The Kier molecular flexibility index (Phi) is 5.37. The first-order valence-electron chi connectivity index (χ1n) is 9.66. The van der Waals surface area contributed by atoms with E-state index >= 15 is 8.78 Å². The quantitative estimate of drug-likeness (QED) is 0.379. The molecule has 1 unspecified atom stereocenters. The number of hydrogen-bond donors (Lipinski definition) is 3. The number of pyridine rings is 1. The topological polar surface area (TPSA) is 62.9 Å². The number of aromatic nitrogens is 1. The van der Waals surface area contributed by atoms with Crippen molar-refractivity contribution < 1.29 is 14.2 Å². The molecule has 0 bridgehead atoms. The van der Waals surface area contributed by atoms with Crippen LogP contribution in [0.1, 0.15) is 37.8 Å². The highest BCUT2D eigenvalue weighted by molar-refractivity contribution is 8.11. The Morgan fingerprint density at radius 3 is 2.72 bits per heavy atom. The molecule has 3 N–H and O–H groups in total. The van der Waals surface area contributed by atoms with E-state index in [9.17, 15) is 4.79 Å². The third-order valence-electron chi connectivity index (χ3n) is 5.69. The molecular formula is C20H23F2N4OS2+. The van der Waals surface area contributed by atoms with Gasteiger partial charge in [0, 0.05) is 38.8 Å². The first-order valence-corrected chi connectivity index (χ1v) is 10.5. The van der Waals surface area contributed by atoms with Crippen LogP contribution in [0, 0.1) is 17.6 Å². The van der Waals surface area contributed by atoms with Crippen LogP contribution in [-0.4, -0.2) is 34.2 Å². The predicted molar refractivity (Wildman–Crippen MR) is 118 cm³/mol. The van der Waals surface area contributed by atoms with E-state index in [-0.39, 0.29) is 28.6 Å². The number of nitrogens with two attached hydrogens (primary N) is 1. The van der Waals surface area contributed by atoms with Gasteiger partial charge in [-0.3, -0.25) is 10.2 Å². The lowest BCUT2D eigenvalue weighted by atomic mass is 10.1. The van der Waals surface area contributed by atoms with Gasteiger partial charge in [0.05, 0.1) is 10.9 Å². The summed E-state index contributed by atoms with van der Waals surface area (Å²) in [6.07, 6.45) is 4.20. The van der Waals surface area contributed by atoms with E-state index < -0.39 is 17.1 Å². The van der Waals surface area contributed by atoms with Gasteiger partial charge in [-0.25, -0.2) is 8.78 Å². The molecule has 2 heterocycles. The van der Waals surface area contributed by atoms with Crippen LogP contribution in [0.4, 0.5) is 14.5 Å². The number of fused-ring (bicyclic) bond motifs is 1. The smallest absolute Gasteiger partial charge is 0.203 e. The van der Waals surface area contributed by atoms with Gasteiger partial charge in [0.1, 0.15) is 21.4 Å². The largest absolute Gasteiger partial charge is 0.371 e. The Balaban J connectivity index is 1.80. The highest BCUT2D eigenvalue weighted by atomic mass is 32.1. The van der Waals surface area contributed by atoms with Gasteiger partial charge in [0.25, 0.3) is 0 Å². The van der Waals surface area contributed by atoms with Crippen LogP contribution in [-0.2, 0) is 0 Å². The van der Waals surface area contributed by atoms with Gasteiger partial charge in [-0.05, 0) is 31.2 Å². The molecule has 0 spiro atoms. The molecule has 1 saturated heterocycles. The average Bonchev–Trinajstić information content (AvgIpc) is 3.39. The second-order valence-corrected chi connectivity index (χ2v) is 9.06. The van der Waals surface area contributed by atoms with Gasteiger partial charge in [-0.2, -0.15) is 0 Å². The third kappa shape index (κ3) is 3.77. The lowest BCUT2D eigenvalue weighted by Crippen LogP contribution is -2.41. The summed E-state index contributed by atoms with van der Waals surface area (Å²) in [5.74, 6) is -1.19. The first kappa shape index (κ1) is 20.3. The molecule has 0 amide bonds. The van der Waals surface area contributed by atoms with Crippen molar-refractivity contribution in [2.75, 3.05) is 24.5 Å². The average molecular weight is 438 g/mol. The fourth-order valence-electron chi connectivity index (χ4n) is 4.08. The highest BCUT2D eigenvalue weighted by Gasteiger charge is 2.32. The van der Waals surface area contributed by atoms with E-state index in [2.05, 4.69) is 17.9 Å². The van der Waals surface area contributed by atoms with Gasteiger partial charge in [-0.1, -0.05) is 12.2 Å². The van der Waals surface area contributed by atoms with E-state index in [1.807, 2.05) is 0 Å². The molecule has 0 radical (unpaired) electrons. The Morgan fingerprint density at radius 1 is 1.38 bits per heavy atom. The molecule has 5 nitrogen and oxygen atoms in total. The molecule has 1 atom stereocenters. The summed E-state index contributed by atoms with van der Waals surface area (Å²) in [6, 6.07) is 1.27. The summed E-state index contributed by atoms with van der Waals surface area (Å²) in [5, 5.41) is 8.89. The lowest BCUT2D eigenvalue weighted by molar-refractivity contribution is -0.113. The molecule has 2 fully saturated rings.